The summed E-state index contributed by atoms with van der Waals surface area (Å²) in [6.07, 6.45) is 0. The van der Waals surface area contributed by atoms with E-state index in [1.165, 1.54) is 0 Å². The van der Waals surface area contributed by atoms with E-state index in [0.717, 1.165) is 38.5 Å². The zero-order valence-electron chi connectivity index (χ0n) is 13.8. The Bertz CT molecular complexity index is 1060. The molecule has 4 rings (SSSR count). The van der Waals surface area contributed by atoms with E-state index in [0.29, 0.717) is 0 Å². The molecule has 116 valence electrons. The number of aliphatic hydroxyl groups is 1. The maximum Gasteiger partial charge on any atom is 0.113 e. The highest BCUT2D eigenvalue weighted by Crippen LogP contribution is 2.35. The molecule has 3 aromatic carbocycles. The van der Waals surface area contributed by atoms with Crippen LogP contribution >= 0.6 is 0 Å². The van der Waals surface area contributed by atoms with E-state index < -0.39 is 5.60 Å². The average molecular weight is 311 g/mol. The second kappa shape index (κ2) is 5.25. The van der Waals surface area contributed by atoms with Crippen molar-refractivity contribution >= 4 is 35.1 Å². The van der Waals surface area contributed by atoms with Gasteiger partial charge in [-0.2, -0.15) is 0 Å². The van der Waals surface area contributed by atoms with Gasteiger partial charge < -0.3 is 9.67 Å². The summed E-state index contributed by atoms with van der Waals surface area (Å²) in [4.78, 5) is 0. The molecule has 24 heavy (non-hydrogen) atoms. The third kappa shape index (κ3) is 2.24. The van der Waals surface area contributed by atoms with Crippen LogP contribution in [0.5, 0.6) is 0 Å². The molecular formula is C21H18BNO. The van der Waals surface area contributed by atoms with Gasteiger partial charge in [-0.25, -0.2) is 0 Å². The number of fused-ring (bicyclic) bond motifs is 3. The van der Waals surface area contributed by atoms with Gasteiger partial charge in [-0.1, -0.05) is 54.0 Å². The zero-order chi connectivity index (χ0) is 16.9. The van der Waals surface area contributed by atoms with E-state index in [2.05, 4.69) is 22.8 Å². The minimum absolute atomic E-state index is 0.751. The molecule has 0 bridgehead atoms. The van der Waals surface area contributed by atoms with Gasteiger partial charge in [0.15, 0.2) is 0 Å². The van der Waals surface area contributed by atoms with E-state index in [9.17, 15) is 5.11 Å². The van der Waals surface area contributed by atoms with Crippen molar-refractivity contribution in [1.29, 1.82) is 0 Å². The summed E-state index contributed by atoms with van der Waals surface area (Å²) < 4.78 is 2.21. The third-order valence-corrected chi connectivity index (χ3v) is 4.50. The smallest absolute Gasteiger partial charge is 0.113 e. The Hall–Kier alpha value is -2.52. The predicted molar refractivity (Wildman–Crippen MR) is 101 cm³/mol. The fraction of sp³-hybridized carbons (Fsp3) is 0.143. The number of nitrogens with zero attached hydrogens (tertiary/aromatic N) is 1. The second-order valence-electron chi connectivity index (χ2n) is 6.71. The Balaban J connectivity index is 2.18. The highest BCUT2D eigenvalue weighted by Gasteiger charge is 2.22. The lowest BCUT2D eigenvalue weighted by Gasteiger charge is -2.23. The van der Waals surface area contributed by atoms with Crippen LogP contribution < -0.4 is 5.46 Å². The molecule has 2 nitrogen and oxygen atoms in total. The first-order valence-corrected chi connectivity index (χ1v) is 8.08. The van der Waals surface area contributed by atoms with Gasteiger partial charge >= 0.3 is 0 Å². The molecule has 1 heterocycles. The van der Waals surface area contributed by atoms with Crippen LogP contribution in [0.2, 0.25) is 0 Å². The summed E-state index contributed by atoms with van der Waals surface area (Å²) >= 11 is 0. The molecule has 0 unspecified atom stereocenters. The van der Waals surface area contributed by atoms with Crippen LogP contribution in [0.1, 0.15) is 19.4 Å². The summed E-state index contributed by atoms with van der Waals surface area (Å²) in [5.41, 5.74) is 3.89. The van der Waals surface area contributed by atoms with Crippen molar-refractivity contribution in [3.05, 3.63) is 72.3 Å². The maximum atomic E-state index is 10.6. The Morgan fingerprint density at radius 2 is 1.50 bits per heavy atom. The Morgan fingerprint density at radius 3 is 2.29 bits per heavy atom. The van der Waals surface area contributed by atoms with Crippen LogP contribution in [0.15, 0.2) is 66.7 Å². The molecule has 0 aliphatic carbocycles. The van der Waals surface area contributed by atoms with Crippen molar-refractivity contribution < 1.29 is 5.11 Å². The number of rotatable bonds is 2. The zero-order valence-corrected chi connectivity index (χ0v) is 13.8. The molecule has 4 aromatic rings. The van der Waals surface area contributed by atoms with Crippen molar-refractivity contribution in [3.63, 3.8) is 0 Å². The molecule has 0 saturated carbocycles. The van der Waals surface area contributed by atoms with Crippen LogP contribution in [0, 0.1) is 0 Å². The normalized spacial score (nSPS) is 12.1. The fourth-order valence-corrected chi connectivity index (χ4v) is 3.44. The van der Waals surface area contributed by atoms with Gasteiger partial charge in [-0.3, -0.25) is 0 Å². The van der Waals surface area contributed by atoms with E-state index in [1.54, 1.807) is 0 Å². The van der Waals surface area contributed by atoms with Gasteiger partial charge in [0.2, 0.25) is 0 Å². The average Bonchev–Trinajstić information content (AvgIpc) is 2.88. The largest absolute Gasteiger partial charge is 0.386 e. The van der Waals surface area contributed by atoms with Crippen molar-refractivity contribution in [2.45, 2.75) is 19.4 Å². The van der Waals surface area contributed by atoms with Crippen molar-refractivity contribution in [1.82, 2.24) is 4.57 Å². The summed E-state index contributed by atoms with van der Waals surface area (Å²) in [5.74, 6) is 0. The molecule has 1 aromatic heterocycles. The highest BCUT2D eigenvalue weighted by atomic mass is 16.3. The summed E-state index contributed by atoms with van der Waals surface area (Å²) in [6.45, 7) is 3.63. The van der Waals surface area contributed by atoms with Gasteiger partial charge in [0.1, 0.15) is 7.85 Å². The topological polar surface area (TPSA) is 25.2 Å². The standard InChI is InChI=1S/C21H18BNO/c1-21(2,24)17-8-4-6-10-20(17)23-18-9-5-3-7-15(18)16-13-14(22)11-12-19(16)23/h3-13,24H,1-2H3. The van der Waals surface area contributed by atoms with Gasteiger partial charge in [0.05, 0.1) is 22.3 Å². The summed E-state index contributed by atoms with van der Waals surface area (Å²) in [6, 6.07) is 22.3. The first-order chi connectivity index (χ1) is 11.5. The van der Waals surface area contributed by atoms with Gasteiger partial charge in [0, 0.05) is 16.3 Å². The van der Waals surface area contributed by atoms with Crippen molar-refractivity contribution in [2.24, 2.45) is 0 Å². The van der Waals surface area contributed by atoms with Crippen LogP contribution in [-0.2, 0) is 5.60 Å². The van der Waals surface area contributed by atoms with Crippen LogP contribution in [0.25, 0.3) is 27.5 Å². The number of hydrogen-bond donors (Lipinski definition) is 1. The highest BCUT2D eigenvalue weighted by molar-refractivity contribution is 6.33. The van der Waals surface area contributed by atoms with Gasteiger partial charge in [-0.05, 0) is 32.0 Å². The molecular weight excluding hydrogens is 293 g/mol. The van der Waals surface area contributed by atoms with Crippen molar-refractivity contribution in [3.8, 4) is 5.69 Å². The third-order valence-electron chi connectivity index (χ3n) is 4.50. The molecule has 0 fully saturated rings. The molecule has 0 saturated heterocycles. The molecule has 0 amide bonds. The number of para-hydroxylation sites is 2. The molecule has 2 radical (unpaired) electrons. The van der Waals surface area contributed by atoms with Gasteiger partial charge in [-0.15, -0.1) is 0 Å². The minimum atomic E-state index is -0.928. The van der Waals surface area contributed by atoms with Gasteiger partial charge in [0.25, 0.3) is 0 Å². The Kier molecular flexibility index (Phi) is 3.29. The lowest BCUT2D eigenvalue weighted by molar-refractivity contribution is 0.0786. The van der Waals surface area contributed by atoms with E-state index in [1.807, 2.05) is 62.4 Å². The lowest BCUT2D eigenvalue weighted by atomic mass is 9.94. The number of aromatic nitrogens is 1. The monoisotopic (exact) mass is 311 g/mol. The molecule has 0 aliphatic heterocycles. The SMILES string of the molecule is [B]c1ccc2c(c1)c1ccccc1n2-c1ccccc1C(C)(C)O. The van der Waals surface area contributed by atoms with Crippen LogP contribution in [-0.4, -0.2) is 17.5 Å². The quantitative estimate of drug-likeness (QED) is 0.560. The first kappa shape index (κ1) is 15.0. The summed E-state index contributed by atoms with van der Waals surface area (Å²) in [7, 11) is 6.01. The molecule has 0 atom stereocenters. The van der Waals surface area contributed by atoms with E-state index in [4.69, 9.17) is 7.85 Å². The van der Waals surface area contributed by atoms with E-state index in [-0.39, 0.29) is 0 Å². The number of benzene rings is 3. The second-order valence-corrected chi connectivity index (χ2v) is 6.71. The molecule has 0 spiro atoms. The minimum Gasteiger partial charge on any atom is -0.386 e. The fourth-order valence-electron chi connectivity index (χ4n) is 3.44. The summed E-state index contributed by atoms with van der Waals surface area (Å²) in [5, 5.41) is 12.9. The Labute approximate surface area is 142 Å². The van der Waals surface area contributed by atoms with Crippen LogP contribution in [0.3, 0.4) is 0 Å². The molecule has 0 aliphatic rings. The molecule has 1 N–H and O–H groups in total. The number of hydrogen-bond acceptors (Lipinski definition) is 1. The lowest BCUT2D eigenvalue weighted by Crippen LogP contribution is -2.18. The maximum absolute atomic E-state index is 10.6. The predicted octanol–water partition coefficient (Wildman–Crippen LogP) is 3.80. The van der Waals surface area contributed by atoms with Crippen molar-refractivity contribution in [2.75, 3.05) is 0 Å². The van der Waals surface area contributed by atoms with Crippen LogP contribution in [0.4, 0.5) is 0 Å². The molecule has 3 heteroatoms. The first-order valence-electron chi connectivity index (χ1n) is 8.08. The van der Waals surface area contributed by atoms with E-state index >= 15 is 0 Å². The Morgan fingerprint density at radius 1 is 0.833 bits per heavy atom.